The smallest absolute Gasteiger partial charge is 0.309 e. The molecule has 1 heterocycles. The molecular weight excluding hydrogens is 370 g/mol. The van der Waals surface area contributed by atoms with Crippen molar-refractivity contribution < 1.29 is 19.2 Å². The number of hydrogen-bond donors (Lipinski definition) is 1. The number of ether oxygens (including phenoxy) is 1. The minimum absolute atomic E-state index is 0.0439. The van der Waals surface area contributed by atoms with Gasteiger partial charge in [0.25, 0.3) is 5.69 Å². The Kier molecular flexibility index (Phi) is 7.42. The van der Waals surface area contributed by atoms with Gasteiger partial charge in [0.05, 0.1) is 17.4 Å². The van der Waals surface area contributed by atoms with Crippen LogP contribution in [-0.4, -0.2) is 46.5 Å². The van der Waals surface area contributed by atoms with Crippen LogP contribution in [0.3, 0.4) is 0 Å². The third-order valence-electron chi connectivity index (χ3n) is 4.14. The fourth-order valence-corrected chi connectivity index (χ4v) is 3.00. The molecule has 1 aromatic rings. The number of benzene rings is 1. The lowest BCUT2D eigenvalue weighted by Gasteiger charge is -2.32. The van der Waals surface area contributed by atoms with E-state index in [9.17, 15) is 19.7 Å². The first-order chi connectivity index (χ1) is 12.9. The van der Waals surface area contributed by atoms with Crippen molar-refractivity contribution in [2.75, 3.05) is 19.7 Å². The van der Waals surface area contributed by atoms with Gasteiger partial charge in [-0.1, -0.05) is 12.1 Å². The van der Waals surface area contributed by atoms with Gasteiger partial charge in [0.1, 0.15) is 0 Å². The number of carbonyl (C=O) groups excluding carboxylic acids is 2. The average Bonchev–Trinajstić information content (AvgIpc) is 2.67. The molecule has 144 valence electrons. The van der Waals surface area contributed by atoms with E-state index in [1.165, 1.54) is 24.3 Å². The second-order valence-electron chi connectivity index (χ2n) is 5.99. The molecular formula is C18H21N3O5S. The van der Waals surface area contributed by atoms with E-state index in [-0.39, 0.29) is 17.6 Å². The summed E-state index contributed by atoms with van der Waals surface area (Å²) in [5.74, 6) is -0.737. The Morgan fingerprint density at radius 1 is 1.41 bits per heavy atom. The van der Waals surface area contributed by atoms with E-state index < -0.39 is 10.8 Å². The Bertz CT molecular complexity index is 757. The Hall–Kier alpha value is -2.81. The highest BCUT2D eigenvalue weighted by molar-refractivity contribution is 7.80. The van der Waals surface area contributed by atoms with Crippen molar-refractivity contribution in [1.82, 2.24) is 10.2 Å². The van der Waals surface area contributed by atoms with Gasteiger partial charge >= 0.3 is 5.97 Å². The van der Waals surface area contributed by atoms with Gasteiger partial charge in [0.15, 0.2) is 5.11 Å². The van der Waals surface area contributed by atoms with Crippen molar-refractivity contribution in [3.63, 3.8) is 0 Å². The van der Waals surface area contributed by atoms with E-state index in [0.717, 1.165) is 0 Å². The number of nitro benzene ring substituents is 1. The van der Waals surface area contributed by atoms with Crippen molar-refractivity contribution in [2.24, 2.45) is 5.92 Å². The van der Waals surface area contributed by atoms with Crippen LogP contribution in [0.15, 0.2) is 30.3 Å². The van der Waals surface area contributed by atoms with E-state index in [4.69, 9.17) is 17.0 Å². The van der Waals surface area contributed by atoms with Crippen LogP contribution in [0.25, 0.3) is 6.08 Å². The Balaban J connectivity index is 1.84. The lowest BCUT2D eigenvalue weighted by Crippen LogP contribution is -2.46. The zero-order chi connectivity index (χ0) is 19.8. The molecule has 1 fully saturated rings. The number of likely N-dealkylation sites (tertiary alicyclic amines) is 1. The van der Waals surface area contributed by atoms with Crippen molar-refractivity contribution in [3.8, 4) is 0 Å². The van der Waals surface area contributed by atoms with E-state index >= 15 is 0 Å². The Labute approximate surface area is 162 Å². The summed E-state index contributed by atoms with van der Waals surface area (Å²) in [7, 11) is 0. The normalized spacial score (nSPS) is 14.8. The Morgan fingerprint density at radius 2 is 2.11 bits per heavy atom. The highest BCUT2D eigenvalue weighted by atomic mass is 32.1. The monoisotopic (exact) mass is 391 g/mol. The molecule has 9 heteroatoms. The minimum atomic E-state index is -0.494. The number of nitrogens with one attached hydrogen (secondary N) is 1. The molecule has 0 aromatic heterocycles. The van der Waals surface area contributed by atoms with Gasteiger partial charge in [-0.15, -0.1) is 0 Å². The number of piperidine rings is 1. The molecule has 0 bridgehead atoms. The van der Waals surface area contributed by atoms with E-state index in [0.29, 0.717) is 43.2 Å². The zero-order valence-corrected chi connectivity index (χ0v) is 15.7. The van der Waals surface area contributed by atoms with Crippen molar-refractivity contribution >= 4 is 41.0 Å². The summed E-state index contributed by atoms with van der Waals surface area (Å²) in [5.41, 5.74) is 0.498. The fourth-order valence-electron chi connectivity index (χ4n) is 2.72. The van der Waals surface area contributed by atoms with Crippen LogP contribution >= 0.6 is 12.2 Å². The number of thiocarbonyl (C=S) groups is 1. The molecule has 0 aliphatic carbocycles. The highest BCUT2D eigenvalue weighted by Crippen LogP contribution is 2.19. The number of rotatable bonds is 5. The highest BCUT2D eigenvalue weighted by Gasteiger charge is 2.27. The minimum Gasteiger partial charge on any atom is -0.466 e. The number of esters is 1. The lowest BCUT2D eigenvalue weighted by molar-refractivity contribution is -0.384. The summed E-state index contributed by atoms with van der Waals surface area (Å²) in [6, 6.07) is 5.97. The number of nitro groups is 1. The first kappa shape index (κ1) is 20.5. The van der Waals surface area contributed by atoms with E-state index in [1.807, 2.05) is 4.90 Å². The van der Waals surface area contributed by atoms with E-state index in [1.54, 1.807) is 19.1 Å². The molecule has 0 spiro atoms. The van der Waals surface area contributed by atoms with Gasteiger partial charge in [-0.3, -0.25) is 25.0 Å². The first-order valence-electron chi connectivity index (χ1n) is 8.59. The number of amides is 1. The van der Waals surface area contributed by atoms with Gasteiger partial charge in [0, 0.05) is 31.3 Å². The third kappa shape index (κ3) is 6.14. The van der Waals surface area contributed by atoms with E-state index in [2.05, 4.69) is 5.32 Å². The van der Waals surface area contributed by atoms with Crippen LogP contribution in [0.2, 0.25) is 0 Å². The number of hydrogen-bond acceptors (Lipinski definition) is 6. The van der Waals surface area contributed by atoms with Crippen LogP contribution in [0.4, 0.5) is 5.69 Å². The molecule has 0 unspecified atom stereocenters. The molecule has 2 rings (SSSR count). The molecule has 1 amide bonds. The van der Waals surface area contributed by atoms with Gasteiger partial charge in [0.2, 0.25) is 5.91 Å². The van der Waals surface area contributed by atoms with Gasteiger partial charge < -0.3 is 9.64 Å². The third-order valence-corrected chi connectivity index (χ3v) is 4.50. The maximum Gasteiger partial charge on any atom is 0.309 e. The Morgan fingerprint density at radius 3 is 2.74 bits per heavy atom. The first-order valence-corrected chi connectivity index (χ1v) is 9.00. The van der Waals surface area contributed by atoms with Crippen molar-refractivity contribution in [1.29, 1.82) is 0 Å². The summed E-state index contributed by atoms with van der Waals surface area (Å²) in [6.45, 7) is 3.28. The topological polar surface area (TPSA) is 102 Å². The number of carbonyl (C=O) groups is 2. The molecule has 27 heavy (non-hydrogen) atoms. The summed E-state index contributed by atoms with van der Waals surface area (Å²) >= 11 is 5.25. The molecule has 1 aliphatic heterocycles. The van der Waals surface area contributed by atoms with Crippen LogP contribution in [-0.2, 0) is 14.3 Å². The molecule has 0 radical (unpaired) electrons. The van der Waals surface area contributed by atoms with Crippen molar-refractivity contribution in [2.45, 2.75) is 19.8 Å². The van der Waals surface area contributed by atoms with Gasteiger partial charge in [-0.2, -0.15) is 0 Å². The predicted molar refractivity (Wildman–Crippen MR) is 104 cm³/mol. The summed E-state index contributed by atoms with van der Waals surface area (Å²) < 4.78 is 5.03. The van der Waals surface area contributed by atoms with Crippen LogP contribution < -0.4 is 5.32 Å². The van der Waals surface area contributed by atoms with Crippen LogP contribution in [0.5, 0.6) is 0 Å². The molecule has 8 nitrogen and oxygen atoms in total. The van der Waals surface area contributed by atoms with Crippen molar-refractivity contribution in [3.05, 3.63) is 46.0 Å². The fraction of sp³-hybridized carbons (Fsp3) is 0.389. The molecule has 0 saturated carbocycles. The maximum atomic E-state index is 12.0. The zero-order valence-electron chi connectivity index (χ0n) is 14.9. The summed E-state index contributed by atoms with van der Waals surface area (Å²) in [5, 5.41) is 13.7. The predicted octanol–water partition coefficient (Wildman–Crippen LogP) is 2.28. The lowest BCUT2D eigenvalue weighted by atomic mass is 9.97. The standard InChI is InChI=1S/C18H21N3O5S/c1-2-26-17(23)14-8-10-20(11-9-14)18(27)19-16(22)7-6-13-4-3-5-15(12-13)21(24)25/h3-7,12,14H,2,8-11H2,1H3,(H,19,22,27)/b7-6+. The second kappa shape index (κ2) is 9.77. The quantitative estimate of drug-likeness (QED) is 0.270. The summed E-state index contributed by atoms with van der Waals surface area (Å²) in [6.07, 6.45) is 4.01. The number of non-ortho nitro benzene ring substituents is 1. The molecule has 1 saturated heterocycles. The average molecular weight is 391 g/mol. The molecule has 1 aromatic carbocycles. The largest absolute Gasteiger partial charge is 0.466 e. The van der Waals surface area contributed by atoms with Gasteiger partial charge in [-0.25, -0.2) is 0 Å². The van der Waals surface area contributed by atoms with Crippen LogP contribution in [0.1, 0.15) is 25.3 Å². The molecule has 1 N–H and O–H groups in total. The summed E-state index contributed by atoms with van der Waals surface area (Å²) in [4.78, 5) is 35.9. The molecule has 1 aliphatic rings. The molecule has 0 atom stereocenters. The van der Waals surface area contributed by atoms with Crippen LogP contribution in [0, 0.1) is 16.0 Å². The second-order valence-corrected chi connectivity index (χ2v) is 6.38. The SMILES string of the molecule is CCOC(=O)C1CCN(C(=S)NC(=O)/C=C/c2cccc([N+](=O)[O-])c2)CC1. The van der Waals surface area contributed by atoms with Gasteiger partial charge in [-0.05, 0) is 43.6 Å². The number of nitrogens with zero attached hydrogens (tertiary/aromatic N) is 2. The maximum absolute atomic E-state index is 12.0.